The average Bonchev–Trinajstić information content (AvgIpc) is 3.20. The molecule has 0 fully saturated rings. The lowest BCUT2D eigenvalue weighted by atomic mass is 10.2. The van der Waals surface area contributed by atoms with E-state index in [1.165, 1.54) is 33.8 Å². The predicted molar refractivity (Wildman–Crippen MR) is 91.4 cm³/mol. The van der Waals surface area contributed by atoms with E-state index in [4.69, 9.17) is 0 Å². The molecule has 0 N–H and O–H groups in total. The van der Waals surface area contributed by atoms with Crippen LogP contribution in [0.2, 0.25) is 0 Å². The largest absolute Gasteiger partial charge is 0.305 e. The maximum Gasteiger partial charge on any atom is 0.305 e. The standard InChI is InChI=1S/C15H10N6O3S/c1-19-15(22)11(12-16-7-10(21(23)24)8-20(12)19)14-18-17-13(25-14)9-5-3-2-4-6-9/h2-8H,1H3. The van der Waals surface area contributed by atoms with Crippen molar-refractivity contribution in [2.75, 3.05) is 0 Å². The number of fused-ring (bicyclic) bond motifs is 1. The highest BCUT2D eigenvalue weighted by atomic mass is 32.1. The van der Waals surface area contributed by atoms with Gasteiger partial charge >= 0.3 is 5.69 Å². The normalized spacial score (nSPS) is 11.1. The number of nitro groups is 1. The van der Waals surface area contributed by atoms with Crippen LogP contribution in [0.3, 0.4) is 0 Å². The molecule has 0 atom stereocenters. The van der Waals surface area contributed by atoms with Crippen molar-refractivity contribution in [3.05, 3.63) is 63.2 Å². The van der Waals surface area contributed by atoms with E-state index in [2.05, 4.69) is 15.2 Å². The highest BCUT2D eigenvalue weighted by molar-refractivity contribution is 7.18. The summed E-state index contributed by atoms with van der Waals surface area (Å²) in [4.78, 5) is 27.0. The number of hydrogen-bond acceptors (Lipinski definition) is 7. The number of nitrogens with zero attached hydrogens (tertiary/aromatic N) is 6. The molecule has 0 unspecified atom stereocenters. The Balaban J connectivity index is 1.90. The average molecular weight is 354 g/mol. The molecule has 0 bridgehead atoms. The zero-order valence-corrected chi connectivity index (χ0v) is 13.7. The van der Waals surface area contributed by atoms with Crippen LogP contribution in [0.15, 0.2) is 47.5 Å². The third kappa shape index (κ3) is 2.39. The molecule has 0 aliphatic carbocycles. The molecule has 0 aliphatic rings. The van der Waals surface area contributed by atoms with Crippen molar-refractivity contribution in [1.82, 2.24) is 24.4 Å². The molecule has 4 rings (SSSR count). The van der Waals surface area contributed by atoms with Gasteiger partial charge in [0.05, 0.1) is 4.92 Å². The van der Waals surface area contributed by atoms with Gasteiger partial charge in [-0.25, -0.2) is 14.2 Å². The molecule has 0 aliphatic heterocycles. The first kappa shape index (κ1) is 15.1. The molecule has 124 valence electrons. The molecule has 4 aromatic rings. The van der Waals surface area contributed by atoms with E-state index in [0.29, 0.717) is 15.7 Å². The monoisotopic (exact) mass is 354 g/mol. The molecule has 9 nitrogen and oxygen atoms in total. The molecular formula is C15H10N6O3S. The van der Waals surface area contributed by atoms with Crippen LogP contribution in [0, 0.1) is 10.1 Å². The molecule has 0 spiro atoms. The summed E-state index contributed by atoms with van der Waals surface area (Å²) >= 11 is 1.27. The summed E-state index contributed by atoms with van der Waals surface area (Å²) in [5.74, 6) is 0. The molecule has 3 aromatic heterocycles. The second kappa shape index (κ2) is 5.60. The minimum absolute atomic E-state index is 0.202. The Hall–Kier alpha value is -3.40. The first-order chi connectivity index (χ1) is 12.1. The number of hydrogen-bond donors (Lipinski definition) is 0. The first-order valence-electron chi connectivity index (χ1n) is 7.17. The lowest BCUT2D eigenvalue weighted by Crippen LogP contribution is -2.16. The van der Waals surface area contributed by atoms with Crippen molar-refractivity contribution < 1.29 is 4.92 Å². The number of aryl methyl sites for hydroxylation is 1. The quantitative estimate of drug-likeness (QED) is 0.412. The van der Waals surface area contributed by atoms with Gasteiger partial charge in [-0.05, 0) is 0 Å². The van der Waals surface area contributed by atoms with Crippen molar-refractivity contribution in [3.8, 4) is 21.1 Å². The maximum atomic E-state index is 12.6. The van der Waals surface area contributed by atoms with E-state index in [1.54, 1.807) is 0 Å². The smallest absolute Gasteiger partial charge is 0.267 e. The molecule has 3 heterocycles. The Bertz CT molecular complexity index is 1160. The van der Waals surface area contributed by atoms with E-state index in [0.717, 1.165) is 11.8 Å². The fourth-order valence-electron chi connectivity index (χ4n) is 2.47. The fourth-order valence-corrected chi connectivity index (χ4v) is 3.35. The van der Waals surface area contributed by atoms with Gasteiger partial charge in [0.25, 0.3) is 5.56 Å². The Morgan fingerprint density at radius 1 is 1.16 bits per heavy atom. The van der Waals surface area contributed by atoms with Gasteiger partial charge in [-0.1, -0.05) is 41.7 Å². The van der Waals surface area contributed by atoms with Crippen LogP contribution in [-0.2, 0) is 7.05 Å². The summed E-state index contributed by atoms with van der Waals surface area (Å²) < 4.78 is 2.60. The summed E-state index contributed by atoms with van der Waals surface area (Å²) in [5, 5.41) is 20.3. The molecule has 1 aromatic carbocycles. The van der Waals surface area contributed by atoms with Gasteiger partial charge in [0.15, 0.2) is 10.7 Å². The Morgan fingerprint density at radius 2 is 1.88 bits per heavy atom. The molecule has 0 radical (unpaired) electrons. The highest BCUT2D eigenvalue weighted by Crippen LogP contribution is 2.30. The van der Waals surface area contributed by atoms with Gasteiger partial charge in [-0.3, -0.25) is 14.9 Å². The Morgan fingerprint density at radius 3 is 2.60 bits per heavy atom. The van der Waals surface area contributed by atoms with Crippen LogP contribution in [0.4, 0.5) is 5.69 Å². The predicted octanol–water partition coefficient (Wildman–Crippen LogP) is 2.13. The van der Waals surface area contributed by atoms with Crippen molar-refractivity contribution >= 4 is 22.7 Å². The van der Waals surface area contributed by atoms with Gasteiger partial charge in [-0.15, -0.1) is 10.2 Å². The van der Waals surface area contributed by atoms with Crippen LogP contribution in [0.5, 0.6) is 0 Å². The molecule has 10 heteroatoms. The van der Waals surface area contributed by atoms with Crippen molar-refractivity contribution in [2.24, 2.45) is 7.05 Å². The summed E-state index contributed by atoms with van der Waals surface area (Å²) in [6.45, 7) is 0. The number of aromatic nitrogens is 5. The third-order valence-electron chi connectivity index (χ3n) is 3.72. The second-order valence-electron chi connectivity index (χ2n) is 5.22. The molecule has 0 saturated heterocycles. The second-order valence-corrected chi connectivity index (χ2v) is 6.20. The molecule has 0 saturated carbocycles. The summed E-state index contributed by atoms with van der Waals surface area (Å²) in [6.07, 6.45) is 2.38. The van der Waals surface area contributed by atoms with Gasteiger partial charge in [0, 0.05) is 12.6 Å². The topological polar surface area (TPSA) is 108 Å². The van der Waals surface area contributed by atoms with Crippen LogP contribution in [-0.4, -0.2) is 29.3 Å². The van der Waals surface area contributed by atoms with Gasteiger partial charge in [-0.2, -0.15) is 0 Å². The highest BCUT2D eigenvalue weighted by Gasteiger charge is 2.21. The van der Waals surface area contributed by atoms with E-state index >= 15 is 0 Å². The minimum atomic E-state index is -0.560. The Kier molecular flexibility index (Phi) is 3.39. The lowest BCUT2D eigenvalue weighted by molar-refractivity contribution is -0.385. The minimum Gasteiger partial charge on any atom is -0.267 e. The zero-order valence-electron chi connectivity index (χ0n) is 12.9. The number of rotatable bonds is 3. The van der Waals surface area contributed by atoms with Crippen LogP contribution < -0.4 is 5.56 Å². The van der Waals surface area contributed by atoms with Crippen LogP contribution in [0.1, 0.15) is 0 Å². The van der Waals surface area contributed by atoms with E-state index < -0.39 is 4.92 Å². The van der Waals surface area contributed by atoms with Crippen LogP contribution >= 0.6 is 11.3 Å². The fraction of sp³-hybridized carbons (Fsp3) is 0.0667. The zero-order chi connectivity index (χ0) is 17.6. The van der Waals surface area contributed by atoms with Gasteiger partial charge < -0.3 is 0 Å². The lowest BCUT2D eigenvalue weighted by Gasteiger charge is -1.98. The first-order valence-corrected chi connectivity index (χ1v) is 7.99. The van der Waals surface area contributed by atoms with Gasteiger partial charge in [0.2, 0.25) is 0 Å². The Labute approximate surface area is 144 Å². The van der Waals surface area contributed by atoms with E-state index in [1.807, 2.05) is 30.3 Å². The summed E-state index contributed by atoms with van der Waals surface area (Å²) in [6, 6.07) is 9.50. The van der Waals surface area contributed by atoms with Gasteiger partial charge in [0.1, 0.15) is 23.0 Å². The number of benzene rings is 1. The summed E-state index contributed by atoms with van der Waals surface area (Å²) in [7, 11) is 1.52. The van der Waals surface area contributed by atoms with Crippen LogP contribution in [0.25, 0.3) is 26.8 Å². The maximum absolute atomic E-state index is 12.6. The van der Waals surface area contributed by atoms with Crippen molar-refractivity contribution in [1.29, 1.82) is 0 Å². The van der Waals surface area contributed by atoms with E-state index in [-0.39, 0.29) is 16.8 Å². The molecular weight excluding hydrogens is 344 g/mol. The van der Waals surface area contributed by atoms with Crippen molar-refractivity contribution in [3.63, 3.8) is 0 Å². The van der Waals surface area contributed by atoms with E-state index in [9.17, 15) is 14.9 Å². The summed E-state index contributed by atoms with van der Waals surface area (Å²) in [5.41, 5.74) is 0.928. The SMILES string of the molecule is Cn1c(=O)c(-c2nnc(-c3ccccc3)s2)c2ncc([N+](=O)[O-])cn21. The molecule has 25 heavy (non-hydrogen) atoms. The van der Waals surface area contributed by atoms with Crippen molar-refractivity contribution in [2.45, 2.75) is 0 Å². The third-order valence-corrected chi connectivity index (χ3v) is 4.71. The molecule has 0 amide bonds.